The van der Waals surface area contributed by atoms with Crippen molar-refractivity contribution in [1.82, 2.24) is 14.9 Å². The highest BCUT2D eigenvalue weighted by Crippen LogP contribution is 2.32. The summed E-state index contributed by atoms with van der Waals surface area (Å²) in [5.41, 5.74) is 0.313. The maximum absolute atomic E-state index is 12.0. The first-order valence-corrected chi connectivity index (χ1v) is 6.45. The Labute approximate surface area is 89.3 Å². The zero-order chi connectivity index (χ0) is 11.1. The van der Waals surface area contributed by atoms with Gasteiger partial charge >= 0.3 is 0 Å². The molecule has 0 saturated heterocycles. The van der Waals surface area contributed by atoms with Gasteiger partial charge < -0.3 is 0 Å². The van der Waals surface area contributed by atoms with Gasteiger partial charge in [0, 0.05) is 5.54 Å². The number of rotatable bonds is 3. The van der Waals surface area contributed by atoms with Crippen LogP contribution in [0.4, 0.5) is 0 Å². The molecule has 1 aliphatic carbocycles. The first kappa shape index (κ1) is 10.6. The summed E-state index contributed by atoms with van der Waals surface area (Å²) in [6.07, 6.45) is 4.25. The van der Waals surface area contributed by atoms with E-state index in [2.05, 4.69) is 14.9 Å². The Morgan fingerprint density at radius 2 is 2.20 bits per heavy atom. The number of aromatic nitrogens is 2. The average molecular weight is 229 g/mol. The van der Waals surface area contributed by atoms with E-state index in [-0.39, 0.29) is 10.4 Å². The molecule has 0 aliphatic heterocycles. The van der Waals surface area contributed by atoms with Gasteiger partial charge in [0.15, 0.2) is 0 Å². The predicted molar refractivity (Wildman–Crippen MR) is 55.9 cm³/mol. The summed E-state index contributed by atoms with van der Waals surface area (Å²) in [5, 5.41) is 6.35. The Hall–Kier alpha value is -0.880. The van der Waals surface area contributed by atoms with Gasteiger partial charge in [-0.25, -0.2) is 13.1 Å². The Balaban J connectivity index is 2.24. The summed E-state index contributed by atoms with van der Waals surface area (Å²) in [6.45, 7) is 3.63. The van der Waals surface area contributed by atoms with E-state index in [9.17, 15) is 8.42 Å². The van der Waals surface area contributed by atoms with Crippen LogP contribution in [-0.4, -0.2) is 24.2 Å². The van der Waals surface area contributed by atoms with Crippen molar-refractivity contribution in [1.29, 1.82) is 0 Å². The molecule has 2 rings (SSSR count). The van der Waals surface area contributed by atoms with Gasteiger partial charge in [0.1, 0.15) is 4.90 Å². The van der Waals surface area contributed by atoms with Crippen LogP contribution in [0.1, 0.15) is 31.9 Å². The summed E-state index contributed by atoms with van der Waals surface area (Å²) in [5.74, 6) is 0. The van der Waals surface area contributed by atoms with E-state index in [0.717, 1.165) is 19.3 Å². The Bertz CT molecular complexity index is 459. The second-order valence-corrected chi connectivity index (χ2v) is 6.03. The fourth-order valence-corrected chi connectivity index (χ4v) is 3.40. The fourth-order valence-electron chi connectivity index (χ4n) is 1.80. The minimum atomic E-state index is -3.41. The fraction of sp³-hybridized carbons (Fsp3) is 0.667. The van der Waals surface area contributed by atoms with Crippen LogP contribution in [0.5, 0.6) is 0 Å². The van der Waals surface area contributed by atoms with Gasteiger partial charge in [0.2, 0.25) is 10.0 Å². The Morgan fingerprint density at radius 3 is 2.60 bits per heavy atom. The molecule has 6 heteroatoms. The molecule has 1 aliphatic rings. The van der Waals surface area contributed by atoms with Crippen LogP contribution in [0, 0.1) is 6.92 Å². The van der Waals surface area contributed by atoms with E-state index in [1.165, 1.54) is 6.20 Å². The topological polar surface area (TPSA) is 74.8 Å². The van der Waals surface area contributed by atoms with Gasteiger partial charge in [0.05, 0.1) is 11.9 Å². The number of H-pyrrole nitrogens is 1. The second kappa shape index (κ2) is 3.31. The lowest BCUT2D eigenvalue weighted by atomic mass is 9.80. The van der Waals surface area contributed by atoms with Gasteiger partial charge in [-0.2, -0.15) is 5.10 Å². The molecule has 0 atom stereocenters. The highest BCUT2D eigenvalue weighted by Gasteiger charge is 2.36. The van der Waals surface area contributed by atoms with Gasteiger partial charge in [-0.15, -0.1) is 0 Å². The molecule has 0 aromatic carbocycles. The van der Waals surface area contributed by atoms with Crippen LogP contribution in [0.3, 0.4) is 0 Å². The highest BCUT2D eigenvalue weighted by molar-refractivity contribution is 7.89. The van der Waals surface area contributed by atoms with Crippen LogP contribution in [-0.2, 0) is 10.0 Å². The van der Waals surface area contributed by atoms with E-state index < -0.39 is 10.0 Å². The number of aromatic amines is 1. The van der Waals surface area contributed by atoms with Crippen molar-refractivity contribution in [2.45, 2.75) is 43.5 Å². The van der Waals surface area contributed by atoms with E-state index >= 15 is 0 Å². The zero-order valence-electron chi connectivity index (χ0n) is 8.87. The number of hydrogen-bond acceptors (Lipinski definition) is 3. The zero-order valence-corrected chi connectivity index (χ0v) is 9.69. The smallest absolute Gasteiger partial charge is 0.244 e. The minimum absolute atomic E-state index is 0.246. The van der Waals surface area contributed by atoms with E-state index in [1.807, 2.05) is 6.92 Å². The third kappa shape index (κ3) is 1.91. The van der Waals surface area contributed by atoms with Crippen LogP contribution in [0.15, 0.2) is 11.1 Å². The van der Waals surface area contributed by atoms with Crippen molar-refractivity contribution >= 4 is 10.0 Å². The van der Waals surface area contributed by atoms with Crippen LogP contribution in [0.25, 0.3) is 0 Å². The summed E-state index contributed by atoms with van der Waals surface area (Å²) in [7, 11) is -3.41. The molecule has 84 valence electrons. The molecule has 1 fully saturated rings. The van der Waals surface area contributed by atoms with Crippen molar-refractivity contribution in [3.05, 3.63) is 11.9 Å². The van der Waals surface area contributed by atoms with Crippen molar-refractivity contribution < 1.29 is 8.42 Å². The lowest BCUT2D eigenvalue weighted by Crippen LogP contribution is -2.50. The summed E-state index contributed by atoms with van der Waals surface area (Å²) >= 11 is 0. The number of nitrogens with zero attached hydrogens (tertiary/aromatic N) is 1. The average Bonchev–Trinajstić information content (AvgIpc) is 2.48. The molecule has 1 saturated carbocycles. The monoisotopic (exact) mass is 229 g/mol. The second-order valence-electron chi connectivity index (χ2n) is 4.38. The molecular weight excluding hydrogens is 214 g/mol. The largest absolute Gasteiger partial charge is 0.281 e. The van der Waals surface area contributed by atoms with Gasteiger partial charge in [0.25, 0.3) is 0 Å². The third-order valence-corrected chi connectivity index (χ3v) is 4.66. The molecule has 1 aromatic rings. The van der Waals surface area contributed by atoms with Gasteiger partial charge in [-0.3, -0.25) is 5.10 Å². The predicted octanol–water partition coefficient (Wildman–Crippen LogP) is 0.939. The normalized spacial score (nSPS) is 19.9. The van der Waals surface area contributed by atoms with Crippen molar-refractivity contribution in [3.8, 4) is 0 Å². The van der Waals surface area contributed by atoms with Crippen LogP contribution < -0.4 is 4.72 Å². The molecule has 1 aromatic heterocycles. The van der Waals surface area contributed by atoms with Crippen molar-refractivity contribution in [2.75, 3.05) is 0 Å². The minimum Gasteiger partial charge on any atom is -0.281 e. The SMILES string of the molecule is Cc1[nH]ncc1S(=O)(=O)NC1(C)CCC1. The van der Waals surface area contributed by atoms with Gasteiger partial charge in [-0.05, 0) is 33.1 Å². The van der Waals surface area contributed by atoms with E-state index in [4.69, 9.17) is 0 Å². The Morgan fingerprint density at radius 1 is 1.53 bits per heavy atom. The molecule has 2 N–H and O–H groups in total. The number of aryl methyl sites for hydroxylation is 1. The van der Waals surface area contributed by atoms with Crippen LogP contribution >= 0.6 is 0 Å². The van der Waals surface area contributed by atoms with Crippen molar-refractivity contribution in [3.63, 3.8) is 0 Å². The molecular formula is C9H15N3O2S. The number of nitrogens with one attached hydrogen (secondary N) is 2. The van der Waals surface area contributed by atoms with Crippen molar-refractivity contribution in [2.24, 2.45) is 0 Å². The number of hydrogen-bond donors (Lipinski definition) is 2. The molecule has 1 heterocycles. The van der Waals surface area contributed by atoms with Crippen LogP contribution in [0.2, 0.25) is 0 Å². The summed E-state index contributed by atoms with van der Waals surface area (Å²) in [6, 6.07) is 0. The quantitative estimate of drug-likeness (QED) is 0.810. The molecule has 0 unspecified atom stereocenters. The molecule has 5 nitrogen and oxygen atoms in total. The molecule has 0 spiro atoms. The van der Waals surface area contributed by atoms with E-state index in [0.29, 0.717) is 5.69 Å². The number of sulfonamides is 1. The first-order valence-electron chi connectivity index (χ1n) is 4.97. The molecule has 0 amide bonds. The maximum atomic E-state index is 12.0. The lowest BCUT2D eigenvalue weighted by molar-refractivity contribution is 0.248. The highest BCUT2D eigenvalue weighted by atomic mass is 32.2. The van der Waals surface area contributed by atoms with E-state index in [1.54, 1.807) is 6.92 Å². The lowest BCUT2D eigenvalue weighted by Gasteiger charge is -2.38. The molecule has 15 heavy (non-hydrogen) atoms. The standard InChI is InChI=1S/C9H15N3O2S/c1-7-8(6-10-11-7)15(13,14)12-9(2)4-3-5-9/h6,12H,3-5H2,1-2H3,(H,10,11). The molecule has 0 radical (unpaired) electrons. The van der Waals surface area contributed by atoms with Gasteiger partial charge in [-0.1, -0.05) is 0 Å². The first-order chi connectivity index (χ1) is 6.93. The third-order valence-electron chi connectivity index (χ3n) is 2.91. The molecule has 0 bridgehead atoms. The summed E-state index contributed by atoms with van der Waals surface area (Å²) < 4.78 is 26.6. The summed E-state index contributed by atoms with van der Waals surface area (Å²) in [4.78, 5) is 0.246. The maximum Gasteiger partial charge on any atom is 0.244 e. The Kier molecular flexibility index (Phi) is 2.35.